The van der Waals surface area contributed by atoms with Crippen LogP contribution >= 0.6 is 11.8 Å². The van der Waals surface area contributed by atoms with Gasteiger partial charge >= 0.3 is 0 Å². The first-order valence-corrected chi connectivity index (χ1v) is 4.76. The molecule has 0 radical (unpaired) electrons. The fraction of sp³-hybridized carbons (Fsp3) is 0.714. The van der Waals surface area contributed by atoms with Crippen molar-refractivity contribution < 1.29 is 5.11 Å². The first kappa shape index (κ1) is 8.74. The zero-order chi connectivity index (χ0) is 8.10. The lowest BCUT2D eigenvalue weighted by molar-refractivity contribution is 0.276. The first-order chi connectivity index (χ1) is 5.33. The lowest BCUT2D eigenvalue weighted by Gasteiger charge is -2.12. The molecular weight excluding hydrogens is 160 g/mol. The third-order valence-electron chi connectivity index (χ3n) is 1.56. The van der Waals surface area contributed by atoms with E-state index in [9.17, 15) is 0 Å². The Labute approximate surface area is 71.3 Å². The van der Waals surface area contributed by atoms with Gasteiger partial charge in [0.15, 0.2) is 0 Å². The van der Waals surface area contributed by atoms with Crippen LogP contribution in [0.3, 0.4) is 0 Å². The normalized spacial score (nSPS) is 17.2. The molecule has 1 aliphatic rings. The van der Waals surface area contributed by atoms with Gasteiger partial charge in [0, 0.05) is 19.4 Å². The summed E-state index contributed by atoms with van der Waals surface area (Å²) in [6.07, 6.45) is 3.90. The van der Waals surface area contributed by atoms with E-state index in [1.54, 1.807) is 11.8 Å². The van der Waals surface area contributed by atoms with E-state index in [0.29, 0.717) is 6.61 Å². The highest BCUT2D eigenvalue weighted by atomic mass is 32.2. The van der Waals surface area contributed by atoms with Crippen molar-refractivity contribution in [3.63, 3.8) is 0 Å². The predicted octanol–water partition coefficient (Wildman–Crippen LogP) is 0.523. The van der Waals surface area contributed by atoms with Gasteiger partial charge in [-0.1, -0.05) is 11.8 Å². The van der Waals surface area contributed by atoms with Gasteiger partial charge < -0.3 is 15.7 Å². The molecule has 0 aromatic rings. The van der Waals surface area contributed by atoms with Gasteiger partial charge in [-0.2, -0.15) is 0 Å². The second kappa shape index (κ2) is 4.51. The minimum absolute atomic E-state index is 0.292. The van der Waals surface area contributed by atoms with Crippen LogP contribution < -0.4 is 5.73 Å². The highest BCUT2D eigenvalue weighted by Gasteiger charge is 2.08. The minimum Gasteiger partial charge on any atom is -0.396 e. The number of thioether (sulfide) groups is 1. The number of hydrogen-bond donors (Lipinski definition) is 2. The van der Waals surface area contributed by atoms with Crippen molar-refractivity contribution in [1.82, 2.24) is 4.90 Å². The number of nitrogens with zero attached hydrogens (tertiary/aromatic N) is 1. The maximum Gasteiger partial charge on any atom is 0.0835 e. The van der Waals surface area contributed by atoms with E-state index in [4.69, 9.17) is 10.8 Å². The molecule has 0 saturated carbocycles. The summed E-state index contributed by atoms with van der Waals surface area (Å²) in [5.74, 6) is 0.970. The Morgan fingerprint density at radius 3 is 3.00 bits per heavy atom. The Kier molecular flexibility index (Phi) is 3.59. The van der Waals surface area contributed by atoms with E-state index >= 15 is 0 Å². The van der Waals surface area contributed by atoms with Gasteiger partial charge in [0.25, 0.3) is 0 Å². The van der Waals surface area contributed by atoms with Gasteiger partial charge in [0.1, 0.15) is 0 Å². The third kappa shape index (κ3) is 3.03. The molecule has 0 spiro atoms. The largest absolute Gasteiger partial charge is 0.396 e. The molecule has 0 amide bonds. The Hall–Kier alpha value is -0.350. The molecule has 0 bridgehead atoms. The van der Waals surface area contributed by atoms with Crippen molar-refractivity contribution in [2.45, 2.75) is 12.8 Å². The molecule has 4 heteroatoms. The molecule has 1 rings (SSSR count). The van der Waals surface area contributed by atoms with Crippen molar-refractivity contribution in [2.24, 2.45) is 5.73 Å². The number of unbranched alkanes of at least 4 members (excludes halogenated alkanes) is 1. The fourth-order valence-electron chi connectivity index (χ4n) is 0.968. The predicted molar refractivity (Wildman–Crippen MR) is 47.8 cm³/mol. The van der Waals surface area contributed by atoms with Gasteiger partial charge in [0.2, 0.25) is 0 Å². The molecule has 64 valence electrons. The van der Waals surface area contributed by atoms with E-state index < -0.39 is 0 Å². The van der Waals surface area contributed by atoms with Crippen LogP contribution in [0.5, 0.6) is 0 Å². The lowest BCUT2D eigenvalue weighted by atomic mass is 10.3. The summed E-state index contributed by atoms with van der Waals surface area (Å²) in [6, 6.07) is 0. The quantitative estimate of drug-likeness (QED) is 0.610. The monoisotopic (exact) mass is 174 g/mol. The first-order valence-electron chi connectivity index (χ1n) is 3.78. The Balaban J connectivity index is 2.08. The number of rotatable bonds is 4. The zero-order valence-corrected chi connectivity index (χ0v) is 7.31. The van der Waals surface area contributed by atoms with Crippen LogP contribution in [0.2, 0.25) is 0 Å². The summed E-state index contributed by atoms with van der Waals surface area (Å²) in [7, 11) is 0. The second-order valence-electron chi connectivity index (χ2n) is 2.55. The summed E-state index contributed by atoms with van der Waals surface area (Å²) in [5.41, 5.74) is 5.56. The SMILES string of the molecule is NC1=CN(CCCCO)CS1. The van der Waals surface area contributed by atoms with E-state index in [2.05, 4.69) is 4.90 Å². The summed E-state index contributed by atoms with van der Waals surface area (Å²) in [4.78, 5) is 2.18. The summed E-state index contributed by atoms with van der Waals surface area (Å²) in [5, 5.41) is 9.43. The molecule has 1 heterocycles. The number of nitrogens with two attached hydrogens (primary N) is 1. The Bertz CT molecular complexity index is 149. The highest BCUT2D eigenvalue weighted by molar-refractivity contribution is 8.03. The average molecular weight is 174 g/mol. The molecule has 0 aliphatic carbocycles. The summed E-state index contributed by atoms with van der Waals surface area (Å²) >= 11 is 1.67. The van der Waals surface area contributed by atoms with Gasteiger partial charge in [-0.15, -0.1) is 0 Å². The van der Waals surface area contributed by atoms with Crippen LogP contribution in [-0.4, -0.2) is 29.0 Å². The van der Waals surface area contributed by atoms with E-state index in [1.807, 2.05) is 6.20 Å². The molecule has 3 N–H and O–H groups in total. The van der Waals surface area contributed by atoms with Gasteiger partial charge in [-0.05, 0) is 12.8 Å². The molecule has 0 atom stereocenters. The van der Waals surface area contributed by atoms with Crippen molar-refractivity contribution in [1.29, 1.82) is 0 Å². The summed E-state index contributed by atoms with van der Waals surface area (Å²) < 4.78 is 0. The number of aliphatic hydroxyl groups is 1. The smallest absolute Gasteiger partial charge is 0.0835 e. The highest BCUT2D eigenvalue weighted by Crippen LogP contribution is 2.20. The van der Waals surface area contributed by atoms with Crippen molar-refractivity contribution in [2.75, 3.05) is 19.0 Å². The standard InChI is InChI=1S/C7H14N2OS/c8-7-5-9(6-11-7)3-1-2-4-10/h5,10H,1-4,6,8H2. The van der Waals surface area contributed by atoms with Crippen LogP contribution in [0, 0.1) is 0 Å². The number of aliphatic hydroxyl groups excluding tert-OH is 1. The topological polar surface area (TPSA) is 49.5 Å². The van der Waals surface area contributed by atoms with Crippen LogP contribution in [0.25, 0.3) is 0 Å². The van der Waals surface area contributed by atoms with Crippen molar-refractivity contribution in [3.05, 3.63) is 11.2 Å². The molecule has 11 heavy (non-hydrogen) atoms. The Morgan fingerprint density at radius 1 is 1.64 bits per heavy atom. The molecule has 0 saturated heterocycles. The van der Waals surface area contributed by atoms with Gasteiger partial charge in [-0.25, -0.2) is 0 Å². The maximum absolute atomic E-state index is 8.53. The fourth-order valence-corrected chi connectivity index (χ4v) is 1.71. The molecule has 1 aliphatic heterocycles. The minimum atomic E-state index is 0.292. The van der Waals surface area contributed by atoms with Crippen LogP contribution in [0.15, 0.2) is 11.2 Å². The molecule has 3 nitrogen and oxygen atoms in total. The second-order valence-corrected chi connectivity index (χ2v) is 3.57. The average Bonchev–Trinajstić information content (AvgIpc) is 2.37. The maximum atomic E-state index is 8.53. The molecule has 0 unspecified atom stereocenters. The third-order valence-corrected chi connectivity index (χ3v) is 2.46. The zero-order valence-electron chi connectivity index (χ0n) is 6.49. The Morgan fingerprint density at radius 2 is 2.45 bits per heavy atom. The van der Waals surface area contributed by atoms with Gasteiger partial charge in [0.05, 0.1) is 10.9 Å². The van der Waals surface area contributed by atoms with Gasteiger partial charge in [-0.3, -0.25) is 0 Å². The lowest BCUT2D eigenvalue weighted by Crippen LogP contribution is -2.14. The number of hydrogen-bond acceptors (Lipinski definition) is 4. The van der Waals surface area contributed by atoms with Crippen molar-refractivity contribution >= 4 is 11.8 Å². The van der Waals surface area contributed by atoms with Crippen molar-refractivity contribution in [3.8, 4) is 0 Å². The summed E-state index contributed by atoms with van der Waals surface area (Å²) in [6.45, 7) is 1.30. The van der Waals surface area contributed by atoms with E-state index in [1.165, 1.54) is 0 Å². The molecular formula is C7H14N2OS. The van der Waals surface area contributed by atoms with Crippen LogP contribution in [0.1, 0.15) is 12.8 Å². The molecule has 0 fully saturated rings. The molecule has 0 aromatic heterocycles. The van der Waals surface area contributed by atoms with E-state index in [-0.39, 0.29) is 0 Å². The van der Waals surface area contributed by atoms with Crippen LogP contribution in [0.4, 0.5) is 0 Å². The van der Waals surface area contributed by atoms with Crippen LogP contribution in [-0.2, 0) is 0 Å². The molecule has 0 aromatic carbocycles. The van der Waals surface area contributed by atoms with E-state index in [0.717, 1.165) is 30.3 Å².